The van der Waals surface area contributed by atoms with Crippen molar-refractivity contribution in [2.24, 2.45) is 0 Å². The maximum atomic E-state index is 12.7. The highest BCUT2D eigenvalue weighted by Gasteiger charge is 2.29. The van der Waals surface area contributed by atoms with E-state index < -0.39 is 10.0 Å². The highest BCUT2D eigenvalue weighted by atomic mass is 32.2. The zero-order valence-corrected chi connectivity index (χ0v) is 13.7. The lowest BCUT2D eigenvalue weighted by atomic mass is 10.3. The van der Waals surface area contributed by atoms with Crippen LogP contribution in [-0.2, 0) is 19.5 Å². The number of aromatic nitrogens is 1. The van der Waals surface area contributed by atoms with Gasteiger partial charge in [-0.15, -0.1) is 0 Å². The minimum Gasteiger partial charge on any atom is -0.383 e. The fraction of sp³-hybridized carbons (Fsp3) is 0.615. The van der Waals surface area contributed by atoms with Gasteiger partial charge in [0.25, 0.3) is 0 Å². The Balaban J connectivity index is 3.06. The summed E-state index contributed by atoms with van der Waals surface area (Å²) in [7, 11) is 1.17. The summed E-state index contributed by atoms with van der Waals surface area (Å²) < 4.78 is 36.8. The summed E-state index contributed by atoms with van der Waals surface area (Å²) in [5, 5.41) is 2.85. The lowest BCUT2D eigenvalue weighted by Crippen LogP contribution is -2.42. The predicted octanol–water partition coefficient (Wildman–Crippen LogP) is 0.795. The maximum Gasteiger partial charge on any atom is 0.245 e. The molecule has 0 aliphatic rings. The van der Waals surface area contributed by atoms with E-state index in [1.54, 1.807) is 27.1 Å². The molecule has 1 heterocycles. The van der Waals surface area contributed by atoms with Crippen molar-refractivity contribution in [3.8, 4) is 0 Å². The van der Waals surface area contributed by atoms with Crippen LogP contribution < -0.4 is 5.32 Å². The molecule has 8 heteroatoms. The molecule has 0 aliphatic carbocycles. The van der Waals surface area contributed by atoms with E-state index >= 15 is 0 Å². The number of nitrogens with one attached hydrogen (secondary N) is 1. The molecule has 7 nitrogen and oxygen atoms in total. The van der Waals surface area contributed by atoms with Crippen LogP contribution in [-0.4, -0.2) is 64.8 Å². The molecule has 1 unspecified atom stereocenters. The van der Waals surface area contributed by atoms with Crippen LogP contribution in [0.25, 0.3) is 0 Å². The van der Waals surface area contributed by atoms with E-state index in [1.807, 2.05) is 0 Å². The molecule has 0 saturated heterocycles. The first kappa shape index (κ1) is 17.8. The van der Waals surface area contributed by atoms with E-state index in [0.29, 0.717) is 19.0 Å². The van der Waals surface area contributed by atoms with Crippen molar-refractivity contribution in [3.63, 3.8) is 0 Å². The quantitative estimate of drug-likeness (QED) is 0.725. The van der Waals surface area contributed by atoms with Crippen LogP contribution in [0.4, 0.5) is 5.82 Å². The number of anilines is 1. The summed E-state index contributed by atoms with van der Waals surface area (Å²) in [4.78, 5) is 4.21. The fourth-order valence-corrected chi connectivity index (χ4v) is 3.45. The molecule has 1 N–H and O–H groups in total. The van der Waals surface area contributed by atoms with E-state index in [2.05, 4.69) is 10.3 Å². The molecular formula is C13H23N3O4S. The Morgan fingerprint density at radius 2 is 2.05 bits per heavy atom. The molecule has 0 fully saturated rings. The van der Waals surface area contributed by atoms with Crippen molar-refractivity contribution in [3.05, 3.63) is 18.3 Å². The summed E-state index contributed by atoms with van der Waals surface area (Å²) in [6, 6.07) is 2.87. The molecule has 0 aromatic carbocycles. The van der Waals surface area contributed by atoms with Crippen molar-refractivity contribution in [1.29, 1.82) is 0 Å². The van der Waals surface area contributed by atoms with Gasteiger partial charge in [0.1, 0.15) is 10.7 Å². The topological polar surface area (TPSA) is 80.8 Å². The van der Waals surface area contributed by atoms with Crippen molar-refractivity contribution < 1.29 is 17.9 Å². The first-order valence-electron chi connectivity index (χ1n) is 6.61. The van der Waals surface area contributed by atoms with E-state index in [9.17, 15) is 8.42 Å². The Labute approximate surface area is 126 Å². The number of hydrogen-bond acceptors (Lipinski definition) is 6. The lowest BCUT2D eigenvalue weighted by molar-refractivity contribution is 0.119. The second kappa shape index (κ2) is 8.28. The molecular weight excluding hydrogens is 294 g/mol. The van der Waals surface area contributed by atoms with Crippen LogP contribution >= 0.6 is 0 Å². The molecule has 0 aliphatic heterocycles. The van der Waals surface area contributed by atoms with Gasteiger partial charge in [-0.25, -0.2) is 13.4 Å². The van der Waals surface area contributed by atoms with E-state index in [0.717, 1.165) is 0 Å². The standard InChI is InChI=1S/C13H23N3O4S/c1-11(10-20-4)16(7-8-19-3)21(17,18)12-5-6-13(14-2)15-9-12/h5-6,9,11H,7-8,10H2,1-4H3,(H,14,15). The molecule has 0 amide bonds. The SMILES string of the molecule is CNc1ccc(S(=O)(=O)N(CCOC)C(C)COC)cn1. The van der Waals surface area contributed by atoms with Crippen molar-refractivity contribution in [2.45, 2.75) is 17.9 Å². The zero-order chi connectivity index (χ0) is 15.9. The molecule has 1 aromatic rings. The van der Waals surface area contributed by atoms with Gasteiger partial charge in [0.2, 0.25) is 10.0 Å². The Hall–Kier alpha value is -1.22. The van der Waals surface area contributed by atoms with Gasteiger partial charge in [-0.1, -0.05) is 0 Å². The third-order valence-corrected chi connectivity index (χ3v) is 5.01. The van der Waals surface area contributed by atoms with Gasteiger partial charge < -0.3 is 14.8 Å². The van der Waals surface area contributed by atoms with Crippen LogP contribution in [0.3, 0.4) is 0 Å². The molecule has 21 heavy (non-hydrogen) atoms. The van der Waals surface area contributed by atoms with Crippen LogP contribution in [0.2, 0.25) is 0 Å². The highest BCUT2D eigenvalue weighted by molar-refractivity contribution is 7.89. The third-order valence-electron chi connectivity index (χ3n) is 3.01. The molecule has 1 aromatic heterocycles. The van der Waals surface area contributed by atoms with Gasteiger partial charge in [0.05, 0.1) is 13.2 Å². The first-order chi connectivity index (χ1) is 9.97. The third kappa shape index (κ3) is 4.63. The van der Waals surface area contributed by atoms with Crippen LogP contribution in [0.1, 0.15) is 6.92 Å². The average Bonchev–Trinajstić information content (AvgIpc) is 2.47. The van der Waals surface area contributed by atoms with Crippen molar-refractivity contribution in [1.82, 2.24) is 9.29 Å². The minimum absolute atomic E-state index is 0.153. The number of rotatable bonds is 9. The molecule has 0 spiro atoms. The van der Waals surface area contributed by atoms with Crippen LogP contribution in [0, 0.1) is 0 Å². The van der Waals surface area contributed by atoms with Crippen molar-refractivity contribution in [2.75, 3.05) is 46.3 Å². The average molecular weight is 317 g/mol. The molecule has 0 bridgehead atoms. The maximum absolute atomic E-state index is 12.7. The number of pyridine rings is 1. The highest BCUT2D eigenvalue weighted by Crippen LogP contribution is 2.18. The normalized spacial score (nSPS) is 13.4. The van der Waals surface area contributed by atoms with Gasteiger partial charge in [0, 0.05) is 40.1 Å². The largest absolute Gasteiger partial charge is 0.383 e. The fourth-order valence-electron chi connectivity index (χ4n) is 1.90. The Bertz CT molecular complexity index is 519. The molecule has 1 atom stereocenters. The number of ether oxygens (including phenoxy) is 2. The van der Waals surface area contributed by atoms with Crippen LogP contribution in [0.15, 0.2) is 23.2 Å². The number of sulfonamides is 1. The Kier molecular flexibility index (Phi) is 7.03. The van der Waals surface area contributed by atoms with Crippen molar-refractivity contribution >= 4 is 15.8 Å². The summed E-state index contributed by atoms with van der Waals surface area (Å²) in [5.41, 5.74) is 0. The number of methoxy groups -OCH3 is 2. The summed E-state index contributed by atoms with van der Waals surface area (Å²) in [5.74, 6) is 0.613. The second-order valence-corrected chi connectivity index (χ2v) is 6.43. The second-order valence-electron chi connectivity index (χ2n) is 4.54. The monoisotopic (exact) mass is 317 g/mol. The number of nitrogens with zero attached hydrogens (tertiary/aromatic N) is 2. The van der Waals surface area contributed by atoms with Gasteiger partial charge in [-0.2, -0.15) is 4.31 Å². The minimum atomic E-state index is -3.64. The van der Waals surface area contributed by atoms with Gasteiger partial charge in [0.15, 0.2) is 0 Å². The van der Waals surface area contributed by atoms with E-state index in [4.69, 9.17) is 9.47 Å². The van der Waals surface area contributed by atoms with Gasteiger partial charge >= 0.3 is 0 Å². The molecule has 0 radical (unpaired) electrons. The first-order valence-corrected chi connectivity index (χ1v) is 8.05. The zero-order valence-electron chi connectivity index (χ0n) is 12.9. The summed E-state index contributed by atoms with van der Waals surface area (Å²) in [6.45, 7) is 2.68. The van der Waals surface area contributed by atoms with Crippen LogP contribution in [0.5, 0.6) is 0 Å². The van der Waals surface area contributed by atoms with E-state index in [1.165, 1.54) is 23.7 Å². The molecule has 1 rings (SSSR count). The predicted molar refractivity (Wildman–Crippen MR) is 80.9 cm³/mol. The smallest absolute Gasteiger partial charge is 0.245 e. The molecule has 120 valence electrons. The van der Waals surface area contributed by atoms with E-state index in [-0.39, 0.29) is 17.5 Å². The molecule has 0 saturated carbocycles. The number of hydrogen-bond donors (Lipinski definition) is 1. The van der Waals surface area contributed by atoms with Gasteiger partial charge in [-0.05, 0) is 19.1 Å². The lowest BCUT2D eigenvalue weighted by Gasteiger charge is -2.27. The Morgan fingerprint density at radius 1 is 1.33 bits per heavy atom. The Morgan fingerprint density at radius 3 is 2.52 bits per heavy atom. The summed E-state index contributed by atoms with van der Waals surface area (Å²) >= 11 is 0. The van der Waals surface area contributed by atoms with Gasteiger partial charge in [-0.3, -0.25) is 0 Å². The summed E-state index contributed by atoms with van der Waals surface area (Å²) in [6.07, 6.45) is 1.35.